The zero-order valence-electron chi connectivity index (χ0n) is 8.82. The molecule has 0 aromatic heterocycles. The molecule has 0 heterocycles. The van der Waals surface area contributed by atoms with Crippen molar-refractivity contribution >= 4 is 11.8 Å². The van der Waals surface area contributed by atoms with Gasteiger partial charge in [-0.1, -0.05) is 37.3 Å². The Labute approximate surface area is 89.5 Å². The highest BCUT2D eigenvalue weighted by atomic mass is 16.2. The number of carbonyl (C=O) groups excluding carboxylic acids is 2. The number of imide groups is 1. The summed E-state index contributed by atoms with van der Waals surface area (Å²) in [5.41, 5.74) is 1.11. The first-order chi connectivity index (χ1) is 7.22. The van der Waals surface area contributed by atoms with Crippen molar-refractivity contribution in [3.8, 4) is 0 Å². The molecular weight excluding hydrogens is 190 g/mol. The van der Waals surface area contributed by atoms with Crippen molar-refractivity contribution in [2.75, 3.05) is 0 Å². The van der Waals surface area contributed by atoms with Crippen molar-refractivity contribution in [1.29, 1.82) is 0 Å². The zero-order chi connectivity index (χ0) is 11.1. The summed E-state index contributed by atoms with van der Waals surface area (Å²) in [5.74, 6) is -0.418. The third-order valence-corrected chi connectivity index (χ3v) is 2.08. The molecule has 0 saturated heterocycles. The molecule has 0 fully saturated rings. The highest BCUT2D eigenvalue weighted by molar-refractivity contribution is 5.95. The molecule has 0 bridgehead atoms. The molecule has 80 valence electrons. The smallest absolute Gasteiger partial charge is 0.226 e. The Hall–Kier alpha value is -1.64. The Morgan fingerprint density at radius 2 is 1.80 bits per heavy atom. The molecule has 0 saturated carbocycles. The van der Waals surface area contributed by atoms with Gasteiger partial charge < -0.3 is 0 Å². The molecule has 0 aliphatic rings. The fourth-order valence-corrected chi connectivity index (χ4v) is 1.21. The Kier molecular flexibility index (Phi) is 4.54. The van der Waals surface area contributed by atoms with E-state index in [4.69, 9.17) is 0 Å². The number of nitrogens with one attached hydrogen (secondary N) is 1. The molecule has 0 aliphatic heterocycles. The molecule has 15 heavy (non-hydrogen) atoms. The summed E-state index contributed by atoms with van der Waals surface area (Å²) in [6.07, 6.45) is 1.37. The SMILES string of the molecule is CCC(=O)NC(=O)CCc1ccccc1. The maximum atomic E-state index is 11.3. The van der Waals surface area contributed by atoms with E-state index < -0.39 is 0 Å². The topological polar surface area (TPSA) is 46.2 Å². The van der Waals surface area contributed by atoms with E-state index >= 15 is 0 Å². The number of hydrogen-bond donors (Lipinski definition) is 1. The molecule has 0 spiro atoms. The number of hydrogen-bond acceptors (Lipinski definition) is 2. The summed E-state index contributed by atoms with van der Waals surface area (Å²) in [4.78, 5) is 22.2. The normalized spacial score (nSPS) is 9.67. The molecule has 3 heteroatoms. The molecule has 0 radical (unpaired) electrons. The van der Waals surface area contributed by atoms with Crippen LogP contribution in [0.2, 0.25) is 0 Å². The highest BCUT2D eigenvalue weighted by Gasteiger charge is 2.05. The van der Waals surface area contributed by atoms with Crippen LogP contribution in [-0.4, -0.2) is 11.8 Å². The maximum Gasteiger partial charge on any atom is 0.226 e. The minimum Gasteiger partial charge on any atom is -0.296 e. The van der Waals surface area contributed by atoms with Crippen LogP contribution in [0.3, 0.4) is 0 Å². The van der Waals surface area contributed by atoms with Gasteiger partial charge in [0.1, 0.15) is 0 Å². The first kappa shape index (κ1) is 11.4. The molecular formula is C12H15NO2. The minimum atomic E-state index is -0.215. The molecule has 0 atom stereocenters. The van der Waals surface area contributed by atoms with E-state index in [9.17, 15) is 9.59 Å². The standard InChI is InChI=1S/C12H15NO2/c1-2-11(14)13-12(15)9-8-10-6-4-3-5-7-10/h3-7H,2,8-9H2,1H3,(H,13,14,15). The van der Waals surface area contributed by atoms with Crippen LogP contribution in [0.4, 0.5) is 0 Å². The molecule has 0 unspecified atom stereocenters. The summed E-state index contributed by atoms with van der Waals surface area (Å²) < 4.78 is 0. The van der Waals surface area contributed by atoms with Gasteiger partial charge in [-0.3, -0.25) is 14.9 Å². The first-order valence-electron chi connectivity index (χ1n) is 5.09. The lowest BCUT2D eigenvalue weighted by Gasteiger charge is -2.02. The van der Waals surface area contributed by atoms with Crippen molar-refractivity contribution in [3.63, 3.8) is 0 Å². The molecule has 2 amide bonds. The summed E-state index contributed by atoms with van der Waals surface area (Å²) in [6.45, 7) is 1.72. The average molecular weight is 205 g/mol. The summed E-state index contributed by atoms with van der Waals surface area (Å²) >= 11 is 0. The molecule has 1 N–H and O–H groups in total. The van der Waals surface area contributed by atoms with Crippen molar-refractivity contribution in [3.05, 3.63) is 35.9 Å². The summed E-state index contributed by atoms with van der Waals surface area (Å²) in [5, 5.41) is 2.32. The number of aryl methyl sites for hydroxylation is 1. The first-order valence-corrected chi connectivity index (χ1v) is 5.09. The fourth-order valence-electron chi connectivity index (χ4n) is 1.21. The maximum absolute atomic E-state index is 11.3. The van der Waals surface area contributed by atoms with Crippen molar-refractivity contribution in [2.45, 2.75) is 26.2 Å². The lowest BCUT2D eigenvalue weighted by molar-refractivity contribution is -0.130. The third-order valence-electron chi connectivity index (χ3n) is 2.08. The van der Waals surface area contributed by atoms with Gasteiger partial charge in [-0.2, -0.15) is 0 Å². The van der Waals surface area contributed by atoms with E-state index in [1.807, 2.05) is 30.3 Å². The summed E-state index contributed by atoms with van der Waals surface area (Å²) in [7, 11) is 0. The van der Waals surface area contributed by atoms with Gasteiger partial charge in [0.15, 0.2) is 0 Å². The predicted molar refractivity (Wildman–Crippen MR) is 58.2 cm³/mol. The Morgan fingerprint density at radius 3 is 2.40 bits per heavy atom. The van der Waals surface area contributed by atoms with Crippen molar-refractivity contribution < 1.29 is 9.59 Å². The van der Waals surface area contributed by atoms with Gasteiger partial charge in [0.2, 0.25) is 11.8 Å². The fraction of sp³-hybridized carbons (Fsp3) is 0.333. The van der Waals surface area contributed by atoms with Gasteiger partial charge >= 0.3 is 0 Å². The van der Waals surface area contributed by atoms with Gasteiger partial charge in [-0.25, -0.2) is 0 Å². The van der Waals surface area contributed by atoms with Gasteiger partial charge in [-0.15, -0.1) is 0 Å². The van der Waals surface area contributed by atoms with E-state index in [2.05, 4.69) is 5.32 Å². The zero-order valence-corrected chi connectivity index (χ0v) is 8.82. The Balaban J connectivity index is 2.32. The van der Waals surface area contributed by atoms with Crippen molar-refractivity contribution in [1.82, 2.24) is 5.32 Å². The number of carbonyl (C=O) groups is 2. The molecule has 1 rings (SSSR count). The van der Waals surface area contributed by atoms with Crippen LogP contribution >= 0.6 is 0 Å². The second-order valence-corrected chi connectivity index (χ2v) is 3.31. The quantitative estimate of drug-likeness (QED) is 0.812. The van der Waals surface area contributed by atoms with Crippen LogP contribution in [0.25, 0.3) is 0 Å². The number of benzene rings is 1. The second-order valence-electron chi connectivity index (χ2n) is 3.31. The molecule has 3 nitrogen and oxygen atoms in total. The van der Waals surface area contributed by atoms with E-state index in [0.29, 0.717) is 19.3 Å². The van der Waals surface area contributed by atoms with Gasteiger partial charge in [-0.05, 0) is 12.0 Å². The van der Waals surface area contributed by atoms with E-state index in [-0.39, 0.29) is 11.8 Å². The Bertz CT molecular complexity index is 333. The third kappa shape index (κ3) is 4.40. The van der Waals surface area contributed by atoms with Gasteiger partial charge in [0, 0.05) is 12.8 Å². The molecule has 0 aliphatic carbocycles. The minimum absolute atomic E-state index is 0.203. The van der Waals surface area contributed by atoms with E-state index in [0.717, 1.165) is 5.56 Å². The van der Waals surface area contributed by atoms with Crippen LogP contribution < -0.4 is 5.32 Å². The second kappa shape index (κ2) is 5.96. The predicted octanol–water partition coefficient (Wildman–Crippen LogP) is 1.67. The summed E-state index contributed by atoms with van der Waals surface area (Å²) in [6, 6.07) is 9.74. The van der Waals surface area contributed by atoms with E-state index in [1.54, 1.807) is 6.92 Å². The van der Waals surface area contributed by atoms with Crippen LogP contribution in [0, 0.1) is 0 Å². The lowest BCUT2D eigenvalue weighted by atomic mass is 10.1. The van der Waals surface area contributed by atoms with Crippen LogP contribution in [0.15, 0.2) is 30.3 Å². The van der Waals surface area contributed by atoms with Gasteiger partial charge in [0.05, 0.1) is 0 Å². The number of amides is 2. The number of rotatable bonds is 4. The average Bonchev–Trinajstić information content (AvgIpc) is 2.27. The van der Waals surface area contributed by atoms with E-state index in [1.165, 1.54) is 0 Å². The Morgan fingerprint density at radius 1 is 1.13 bits per heavy atom. The van der Waals surface area contributed by atoms with Gasteiger partial charge in [0.25, 0.3) is 0 Å². The lowest BCUT2D eigenvalue weighted by Crippen LogP contribution is -2.29. The van der Waals surface area contributed by atoms with Crippen LogP contribution in [-0.2, 0) is 16.0 Å². The molecule has 1 aromatic carbocycles. The van der Waals surface area contributed by atoms with Crippen molar-refractivity contribution in [2.24, 2.45) is 0 Å². The van der Waals surface area contributed by atoms with Crippen LogP contribution in [0.1, 0.15) is 25.3 Å². The molecule has 1 aromatic rings. The van der Waals surface area contributed by atoms with Crippen LogP contribution in [0.5, 0.6) is 0 Å². The highest BCUT2D eigenvalue weighted by Crippen LogP contribution is 2.01. The monoisotopic (exact) mass is 205 g/mol. The largest absolute Gasteiger partial charge is 0.296 e.